The van der Waals surface area contributed by atoms with E-state index in [2.05, 4.69) is 28.1 Å². The summed E-state index contributed by atoms with van der Waals surface area (Å²) in [7, 11) is 0. The predicted octanol–water partition coefficient (Wildman–Crippen LogP) is 3.40. The smallest absolute Gasteiger partial charge is 0.173 e. The average Bonchev–Trinajstić information content (AvgIpc) is 2.96. The first-order chi connectivity index (χ1) is 8.85. The molecular formula is C12H12N4S2. The zero-order valence-corrected chi connectivity index (χ0v) is 11.5. The highest BCUT2D eigenvalue weighted by atomic mass is 32.2. The van der Waals surface area contributed by atoms with E-state index in [0.29, 0.717) is 0 Å². The van der Waals surface area contributed by atoms with Crippen LogP contribution in [-0.4, -0.2) is 19.2 Å². The van der Waals surface area contributed by atoms with Crippen molar-refractivity contribution < 1.29 is 0 Å². The molecule has 6 heteroatoms. The molecule has 3 aromatic rings. The molecule has 3 rings (SSSR count). The number of para-hydroxylation sites is 1. The molecule has 0 saturated carbocycles. The van der Waals surface area contributed by atoms with E-state index in [1.165, 1.54) is 16.6 Å². The van der Waals surface area contributed by atoms with Crippen molar-refractivity contribution in [1.29, 1.82) is 0 Å². The summed E-state index contributed by atoms with van der Waals surface area (Å²) in [6.45, 7) is 2.13. The summed E-state index contributed by atoms with van der Waals surface area (Å²) in [4.78, 5) is 8.82. The molecule has 0 aliphatic heterocycles. The topological polar surface area (TPSA) is 43.6 Å². The minimum Gasteiger partial charge on any atom is -0.228 e. The van der Waals surface area contributed by atoms with Crippen molar-refractivity contribution >= 4 is 33.5 Å². The van der Waals surface area contributed by atoms with Crippen molar-refractivity contribution in [3.63, 3.8) is 0 Å². The molecule has 0 bridgehead atoms. The fourth-order valence-electron chi connectivity index (χ4n) is 1.63. The Balaban J connectivity index is 1.82. The van der Waals surface area contributed by atoms with E-state index in [1.807, 2.05) is 18.2 Å². The van der Waals surface area contributed by atoms with Gasteiger partial charge < -0.3 is 0 Å². The molecule has 0 N–H and O–H groups in total. The average molecular weight is 276 g/mol. The highest BCUT2D eigenvalue weighted by Gasteiger charge is 2.06. The number of hydrogen-bond donors (Lipinski definition) is 0. The maximum Gasteiger partial charge on any atom is 0.173 e. The fourth-order valence-corrected chi connectivity index (χ4v) is 3.51. The zero-order valence-electron chi connectivity index (χ0n) is 9.91. The van der Waals surface area contributed by atoms with Crippen LogP contribution in [0, 0.1) is 0 Å². The number of aromatic nitrogens is 4. The molecule has 0 aliphatic carbocycles. The van der Waals surface area contributed by atoms with Crippen molar-refractivity contribution in [3.8, 4) is 0 Å². The summed E-state index contributed by atoms with van der Waals surface area (Å²) in [6, 6.07) is 8.15. The lowest BCUT2D eigenvalue weighted by Gasteiger charge is -1.93. The van der Waals surface area contributed by atoms with Crippen molar-refractivity contribution in [2.45, 2.75) is 24.1 Å². The van der Waals surface area contributed by atoms with E-state index in [-0.39, 0.29) is 0 Å². The van der Waals surface area contributed by atoms with Crippen LogP contribution in [0.2, 0.25) is 0 Å². The second-order valence-electron chi connectivity index (χ2n) is 3.85. The second kappa shape index (κ2) is 5.07. The maximum absolute atomic E-state index is 4.56. The highest BCUT2D eigenvalue weighted by molar-refractivity contribution is 7.99. The molecule has 0 atom stereocenters. The van der Waals surface area contributed by atoms with Gasteiger partial charge >= 0.3 is 0 Å². The van der Waals surface area contributed by atoms with Crippen molar-refractivity contribution in [3.05, 3.63) is 36.4 Å². The predicted molar refractivity (Wildman–Crippen MR) is 74.9 cm³/mol. The van der Waals surface area contributed by atoms with E-state index in [0.717, 1.165) is 28.5 Å². The van der Waals surface area contributed by atoms with Gasteiger partial charge in [0.05, 0.1) is 10.2 Å². The minimum absolute atomic E-state index is 0.895. The molecule has 0 fully saturated rings. The molecule has 18 heavy (non-hydrogen) atoms. The first-order valence-corrected chi connectivity index (χ1v) is 7.38. The Morgan fingerprint density at radius 1 is 1.33 bits per heavy atom. The summed E-state index contributed by atoms with van der Waals surface area (Å²) in [5.41, 5.74) is 1.04. The maximum atomic E-state index is 4.56. The number of aryl methyl sites for hydroxylation is 1. The van der Waals surface area contributed by atoms with Gasteiger partial charge in [-0.05, 0) is 18.6 Å². The number of benzene rings is 1. The molecule has 0 unspecified atom stereocenters. The fraction of sp³-hybridized carbons (Fsp3) is 0.250. The van der Waals surface area contributed by atoms with Crippen LogP contribution in [0.25, 0.3) is 10.2 Å². The van der Waals surface area contributed by atoms with Crippen molar-refractivity contribution in [1.82, 2.24) is 19.2 Å². The number of hydrogen-bond acceptors (Lipinski definition) is 5. The minimum atomic E-state index is 0.895. The summed E-state index contributed by atoms with van der Waals surface area (Å²) >= 11 is 3.19. The molecule has 0 saturated heterocycles. The quantitative estimate of drug-likeness (QED) is 0.732. The lowest BCUT2D eigenvalue weighted by atomic mass is 10.3. The standard InChI is InChI=1S/C12H12N4S2/c1-2-5-11-13-8-16(15-11)18-12-14-9-6-3-4-7-10(9)17-12/h3-4,6-8H,2,5H2,1H3. The van der Waals surface area contributed by atoms with Crippen LogP contribution in [0.1, 0.15) is 19.2 Å². The third-order valence-electron chi connectivity index (χ3n) is 2.44. The summed E-state index contributed by atoms with van der Waals surface area (Å²) < 4.78 is 3.97. The van der Waals surface area contributed by atoms with Gasteiger partial charge in [-0.25, -0.2) is 9.97 Å². The third-order valence-corrected chi connectivity index (χ3v) is 4.35. The number of thiazole rings is 1. The normalized spacial score (nSPS) is 11.2. The zero-order chi connectivity index (χ0) is 12.4. The first-order valence-electron chi connectivity index (χ1n) is 5.79. The molecule has 92 valence electrons. The van der Waals surface area contributed by atoms with Crippen LogP contribution in [0.5, 0.6) is 0 Å². The Morgan fingerprint density at radius 3 is 3.06 bits per heavy atom. The molecule has 0 amide bonds. The Morgan fingerprint density at radius 2 is 2.22 bits per heavy atom. The van der Waals surface area contributed by atoms with Crippen LogP contribution < -0.4 is 0 Å². The van der Waals surface area contributed by atoms with E-state index in [4.69, 9.17) is 0 Å². The van der Waals surface area contributed by atoms with E-state index >= 15 is 0 Å². The lowest BCUT2D eigenvalue weighted by molar-refractivity contribution is 0.831. The van der Waals surface area contributed by atoms with E-state index < -0.39 is 0 Å². The molecule has 2 heterocycles. The third kappa shape index (κ3) is 2.39. The van der Waals surface area contributed by atoms with Gasteiger partial charge in [-0.2, -0.15) is 4.09 Å². The monoisotopic (exact) mass is 276 g/mol. The lowest BCUT2D eigenvalue weighted by Crippen LogP contribution is -1.90. The highest BCUT2D eigenvalue weighted by Crippen LogP contribution is 2.29. The van der Waals surface area contributed by atoms with Gasteiger partial charge in [0.25, 0.3) is 0 Å². The van der Waals surface area contributed by atoms with Crippen LogP contribution in [-0.2, 0) is 6.42 Å². The summed E-state index contributed by atoms with van der Waals surface area (Å²) in [5.74, 6) is 0.895. The Kier molecular flexibility index (Phi) is 3.29. The van der Waals surface area contributed by atoms with E-state index in [1.54, 1.807) is 21.8 Å². The van der Waals surface area contributed by atoms with Gasteiger partial charge in [0.1, 0.15) is 6.33 Å². The summed E-state index contributed by atoms with van der Waals surface area (Å²) in [5, 5.41) is 4.40. The van der Waals surface area contributed by atoms with Crippen LogP contribution >= 0.6 is 23.3 Å². The number of nitrogens with zero attached hydrogens (tertiary/aromatic N) is 4. The number of rotatable bonds is 4. The van der Waals surface area contributed by atoms with Crippen molar-refractivity contribution in [2.24, 2.45) is 0 Å². The first kappa shape index (κ1) is 11.7. The SMILES string of the molecule is CCCc1ncn(Sc2nc3ccccc3s2)n1. The van der Waals surface area contributed by atoms with Gasteiger partial charge in [0, 0.05) is 18.4 Å². The molecular weight excluding hydrogens is 264 g/mol. The Labute approximate surface area is 113 Å². The van der Waals surface area contributed by atoms with Gasteiger partial charge in [0.2, 0.25) is 0 Å². The van der Waals surface area contributed by atoms with Gasteiger partial charge in [-0.3, -0.25) is 0 Å². The molecule has 0 aliphatic rings. The largest absolute Gasteiger partial charge is 0.228 e. The van der Waals surface area contributed by atoms with E-state index in [9.17, 15) is 0 Å². The van der Waals surface area contributed by atoms with Gasteiger partial charge in [-0.15, -0.1) is 16.4 Å². The molecule has 4 nitrogen and oxygen atoms in total. The van der Waals surface area contributed by atoms with Crippen LogP contribution in [0.3, 0.4) is 0 Å². The summed E-state index contributed by atoms with van der Waals surface area (Å²) in [6.07, 6.45) is 3.74. The van der Waals surface area contributed by atoms with Crippen LogP contribution in [0.4, 0.5) is 0 Å². The molecule has 1 aromatic carbocycles. The second-order valence-corrected chi connectivity index (χ2v) is 6.08. The molecule has 0 radical (unpaired) electrons. The Bertz CT molecular complexity index is 626. The Hall–Kier alpha value is -1.40. The van der Waals surface area contributed by atoms with Crippen LogP contribution in [0.15, 0.2) is 34.9 Å². The molecule has 2 aromatic heterocycles. The van der Waals surface area contributed by atoms with Crippen molar-refractivity contribution in [2.75, 3.05) is 0 Å². The molecule has 0 spiro atoms. The van der Waals surface area contributed by atoms with Gasteiger partial charge in [-0.1, -0.05) is 19.1 Å². The number of fused-ring (bicyclic) bond motifs is 1. The van der Waals surface area contributed by atoms with Gasteiger partial charge in [0.15, 0.2) is 10.2 Å².